The Labute approximate surface area is 91.8 Å². The summed E-state index contributed by atoms with van der Waals surface area (Å²) in [5.41, 5.74) is 0. The molecule has 0 spiro atoms. The van der Waals surface area contributed by atoms with Gasteiger partial charge in [-0.3, -0.25) is 4.79 Å². The van der Waals surface area contributed by atoms with Crippen LogP contribution in [0.1, 0.15) is 46.5 Å². The number of rotatable bonds is 3. The van der Waals surface area contributed by atoms with Crippen LogP contribution in [0.3, 0.4) is 0 Å². The molecular formula is C12H22O3. The van der Waals surface area contributed by atoms with Crippen molar-refractivity contribution in [3.05, 3.63) is 0 Å². The molecule has 3 heteroatoms. The highest BCUT2D eigenvalue weighted by Crippen LogP contribution is 2.31. The lowest BCUT2D eigenvalue weighted by Crippen LogP contribution is -2.34. The zero-order valence-corrected chi connectivity index (χ0v) is 9.90. The Bertz CT molecular complexity index is 215. The van der Waals surface area contributed by atoms with Crippen LogP contribution in [0.5, 0.6) is 0 Å². The van der Waals surface area contributed by atoms with Crippen LogP contribution in [-0.2, 0) is 9.53 Å². The van der Waals surface area contributed by atoms with E-state index in [1.807, 2.05) is 13.8 Å². The molecule has 0 radical (unpaired) electrons. The van der Waals surface area contributed by atoms with E-state index in [2.05, 4.69) is 6.92 Å². The highest BCUT2D eigenvalue weighted by molar-refractivity contribution is 5.73. The summed E-state index contributed by atoms with van der Waals surface area (Å²) in [5, 5.41) is 9.53. The summed E-state index contributed by atoms with van der Waals surface area (Å²) in [7, 11) is 0. The summed E-state index contributed by atoms with van der Waals surface area (Å²) >= 11 is 0. The maximum absolute atomic E-state index is 11.8. The van der Waals surface area contributed by atoms with Crippen molar-refractivity contribution in [2.75, 3.05) is 0 Å². The average molecular weight is 214 g/mol. The van der Waals surface area contributed by atoms with Gasteiger partial charge in [-0.05, 0) is 38.5 Å². The van der Waals surface area contributed by atoms with E-state index in [1.165, 1.54) is 0 Å². The molecule has 0 aromatic rings. The molecule has 0 aliphatic heterocycles. The standard InChI is InChI=1S/C12H22O3/c1-4-9(3)15-12(14)11-7-10(13)6-5-8(11)2/h8-11,13H,4-7H2,1-3H3/t8-,9?,10-,11-/m1/s1. The Morgan fingerprint density at radius 2 is 2.20 bits per heavy atom. The van der Waals surface area contributed by atoms with Gasteiger partial charge in [-0.2, -0.15) is 0 Å². The predicted octanol–water partition coefficient (Wildman–Crippen LogP) is 2.13. The second-order valence-corrected chi connectivity index (χ2v) is 4.71. The molecule has 88 valence electrons. The van der Waals surface area contributed by atoms with Crippen LogP contribution in [0.2, 0.25) is 0 Å². The molecule has 1 saturated carbocycles. The minimum absolute atomic E-state index is 0.0104. The van der Waals surface area contributed by atoms with Crippen LogP contribution in [0.15, 0.2) is 0 Å². The third kappa shape index (κ3) is 3.49. The Kier molecular flexibility index (Phi) is 4.58. The molecule has 1 rings (SSSR count). The van der Waals surface area contributed by atoms with E-state index in [1.54, 1.807) is 0 Å². The summed E-state index contributed by atoms with van der Waals surface area (Å²) in [6, 6.07) is 0. The first kappa shape index (κ1) is 12.5. The van der Waals surface area contributed by atoms with Gasteiger partial charge in [-0.25, -0.2) is 0 Å². The summed E-state index contributed by atoms with van der Waals surface area (Å²) in [6.45, 7) is 5.97. The molecule has 15 heavy (non-hydrogen) atoms. The van der Waals surface area contributed by atoms with Crippen molar-refractivity contribution in [3.63, 3.8) is 0 Å². The van der Waals surface area contributed by atoms with Gasteiger partial charge in [0.1, 0.15) is 0 Å². The van der Waals surface area contributed by atoms with Crippen LogP contribution in [0.4, 0.5) is 0 Å². The number of ether oxygens (including phenoxy) is 1. The topological polar surface area (TPSA) is 46.5 Å². The summed E-state index contributed by atoms with van der Waals surface area (Å²) in [6.07, 6.45) is 2.81. The van der Waals surface area contributed by atoms with Gasteiger partial charge in [0.05, 0.1) is 18.1 Å². The third-order valence-electron chi connectivity index (χ3n) is 3.36. The smallest absolute Gasteiger partial charge is 0.309 e. The van der Waals surface area contributed by atoms with Crippen LogP contribution in [0, 0.1) is 11.8 Å². The summed E-state index contributed by atoms with van der Waals surface area (Å²) < 4.78 is 5.31. The Morgan fingerprint density at radius 3 is 2.80 bits per heavy atom. The number of hydrogen-bond acceptors (Lipinski definition) is 3. The largest absolute Gasteiger partial charge is 0.462 e. The zero-order valence-electron chi connectivity index (χ0n) is 9.90. The predicted molar refractivity (Wildman–Crippen MR) is 58.4 cm³/mol. The van der Waals surface area contributed by atoms with Gasteiger partial charge < -0.3 is 9.84 Å². The lowest BCUT2D eigenvalue weighted by Gasteiger charge is -2.30. The quantitative estimate of drug-likeness (QED) is 0.732. The highest BCUT2D eigenvalue weighted by atomic mass is 16.5. The molecule has 4 atom stereocenters. The van der Waals surface area contributed by atoms with Crippen molar-refractivity contribution in [3.8, 4) is 0 Å². The Hall–Kier alpha value is -0.570. The van der Waals surface area contributed by atoms with Crippen LogP contribution < -0.4 is 0 Å². The lowest BCUT2D eigenvalue weighted by molar-refractivity contribution is -0.158. The fourth-order valence-electron chi connectivity index (χ4n) is 2.00. The second-order valence-electron chi connectivity index (χ2n) is 4.71. The third-order valence-corrected chi connectivity index (χ3v) is 3.36. The van der Waals surface area contributed by atoms with Gasteiger partial charge in [0.15, 0.2) is 0 Å². The van der Waals surface area contributed by atoms with Crippen LogP contribution >= 0.6 is 0 Å². The SMILES string of the molecule is CCC(C)OC(=O)[C@@H]1C[C@H](O)CC[C@H]1C. The Balaban J connectivity index is 2.49. The maximum Gasteiger partial charge on any atom is 0.309 e. The first-order valence-corrected chi connectivity index (χ1v) is 5.93. The number of carbonyl (C=O) groups is 1. The second kappa shape index (κ2) is 5.50. The fraction of sp³-hybridized carbons (Fsp3) is 0.917. The van der Waals surface area contributed by atoms with E-state index in [-0.39, 0.29) is 24.1 Å². The lowest BCUT2D eigenvalue weighted by atomic mass is 9.79. The molecule has 0 aromatic carbocycles. The normalized spacial score (nSPS) is 33.5. The van der Waals surface area contributed by atoms with Gasteiger partial charge in [0, 0.05) is 0 Å². The number of hydrogen-bond donors (Lipinski definition) is 1. The molecule has 3 nitrogen and oxygen atoms in total. The molecule has 0 amide bonds. The van der Waals surface area contributed by atoms with Crippen molar-refractivity contribution >= 4 is 5.97 Å². The molecule has 1 aliphatic carbocycles. The molecular weight excluding hydrogens is 192 g/mol. The minimum atomic E-state index is -0.323. The Morgan fingerprint density at radius 1 is 1.53 bits per heavy atom. The number of carbonyl (C=O) groups excluding carboxylic acids is 1. The molecule has 0 saturated heterocycles. The summed E-state index contributed by atoms with van der Waals surface area (Å²) in [5.74, 6) is 0.100. The molecule has 1 fully saturated rings. The van der Waals surface area contributed by atoms with Gasteiger partial charge >= 0.3 is 5.97 Å². The molecule has 0 heterocycles. The number of aliphatic hydroxyl groups excluding tert-OH is 1. The van der Waals surface area contributed by atoms with E-state index in [9.17, 15) is 9.90 Å². The summed E-state index contributed by atoms with van der Waals surface area (Å²) in [4.78, 5) is 11.8. The van der Waals surface area contributed by atoms with Crippen molar-refractivity contribution in [2.45, 2.75) is 58.7 Å². The van der Waals surface area contributed by atoms with E-state index in [0.717, 1.165) is 19.3 Å². The van der Waals surface area contributed by atoms with Crippen molar-refractivity contribution in [1.82, 2.24) is 0 Å². The maximum atomic E-state index is 11.8. The van der Waals surface area contributed by atoms with Gasteiger partial charge in [-0.15, -0.1) is 0 Å². The molecule has 0 bridgehead atoms. The minimum Gasteiger partial charge on any atom is -0.462 e. The highest BCUT2D eigenvalue weighted by Gasteiger charge is 2.33. The van der Waals surface area contributed by atoms with Crippen molar-refractivity contribution < 1.29 is 14.6 Å². The average Bonchev–Trinajstić information content (AvgIpc) is 2.21. The molecule has 1 N–H and O–H groups in total. The van der Waals surface area contributed by atoms with Crippen molar-refractivity contribution in [2.24, 2.45) is 11.8 Å². The van der Waals surface area contributed by atoms with Crippen LogP contribution in [-0.4, -0.2) is 23.3 Å². The van der Waals surface area contributed by atoms with Crippen molar-refractivity contribution in [1.29, 1.82) is 0 Å². The van der Waals surface area contributed by atoms with Gasteiger partial charge in [0.25, 0.3) is 0 Å². The van der Waals surface area contributed by atoms with E-state index >= 15 is 0 Å². The van der Waals surface area contributed by atoms with Crippen LogP contribution in [0.25, 0.3) is 0 Å². The zero-order chi connectivity index (χ0) is 11.4. The van der Waals surface area contributed by atoms with E-state index < -0.39 is 0 Å². The number of esters is 1. The monoisotopic (exact) mass is 214 g/mol. The first-order chi connectivity index (χ1) is 7.04. The molecule has 1 unspecified atom stereocenters. The van der Waals surface area contributed by atoms with E-state index in [0.29, 0.717) is 12.3 Å². The first-order valence-electron chi connectivity index (χ1n) is 5.93. The van der Waals surface area contributed by atoms with Gasteiger partial charge in [-0.1, -0.05) is 13.8 Å². The molecule has 1 aliphatic rings. The molecule has 0 aromatic heterocycles. The number of aliphatic hydroxyl groups is 1. The van der Waals surface area contributed by atoms with Gasteiger partial charge in [0.2, 0.25) is 0 Å². The van der Waals surface area contributed by atoms with E-state index in [4.69, 9.17) is 4.74 Å². The fourth-order valence-corrected chi connectivity index (χ4v) is 2.00.